The molecule has 0 unspecified atom stereocenters. The molecule has 0 aliphatic heterocycles. The van der Waals surface area contributed by atoms with Gasteiger partial charge in [-0.3, -0.25) is 0 Å². The van der Waals surface area contributed by atoms with Crippen molar-refractivity contribution in [2.45, 2.75) is 27.0 Å². The number of ether oxygens (including phenoxy) is 1. The number of aromatic nitrogens is 3. The summed E-state index contributed by atoms with van der Waals surface area (Å²) in [5.74, 6) is 1.23. The van der Waals surface area contributed by atoms with Gasteiger partial charge >= 0.3 is 0 Å². The molecule has 0 fully saturated rings. The van der Waals surface area contributed by atoms with Crippen LogP contribution in [-0.2, 0) is 13.2 Å². The van der Waals surface area contributed by atoms with Gasteiger partial charge in [0, 0.05) is 12.1 Å². The summed E-state index contributed by atoms with van der Waals surface area (Å²) in [6.07, 6.45) is 0. The van der Waals surface area contributed by atoms with E-state index in [1.54, 1.807) is 7.11 Å². The summed E-state index contributed by atoms with van der Waals surface area (Å²) in [6, 6.07) is 7.70. The Labute approximate surface area is 112 Å². The second-order valence-electron chi connectivity index (χ2n) is 4.85. The Morgan fingerprint density at radius 1 is 1.37 bits per heavy atom. The number of benzene rings is 1. The summed E-state index contributed by atoms with van der Waals surface area (Å²) in [7, 11) is 1.63. The molecule has 102 valence electrons. The van der Waals surface area contributed by atoms with Gasteiger partial charge in [-0.1, -0.05) is 31.2 Å². The Hall–Kier alpha value is -1.88. The summed E-state index contributed by atoms with van der Waals surface area (Å²) in [4.78, 5) is 0. The number of methoxy groups -OCH3 is 1. The van der Waals surface area contributed by atoms with Gasteiger partial charge < -0.3 is 9.84 Å². The predicted molar refractivity (Wildman–Crippen MR) is 72.8 cm³/mol. The lowest BCUT2D eigenvalue weighted by molar-refractivity contribution is 0.277. The summed E-state index contributed by atoms with van der Waals surface area (Å²) in [5.41, 5.74) is 2.40. The highest BCUT2D eigenvalue weighted by atomic mass is 16.5. The Bertz CT molecular complexity index is 549. The van der Waals surface area contributed by atoms with Crippen molar-refractivity contribution in [1.29, 1.82) is 0 Å². The van der Waals surface area contributed by atoms with E-state index in [9.17, 15) is 5.11 Å². The smallest absolute Gasteiger partial charge is 0.119 e. The van der Waals surface area contributed by atoms with Crippen LogP contribution in [0.5, 0.6) is 5.75 Å². The van der Waals surface area contributed by atoms with Crippen LogP contribution in [0.3, 0.4) is 0 Å². The zero-order valence-electron chi connectivity index (χ0n) is 11.5. The third-order valence-electron chi connectivity index (χ3n) is 2.84. The van der Waals surface area contributed by atoms with E-state index in [0.29, 0.717) is 11.6 Å². The molecule has 19 heavy (non-hydrogen) atoms. The Balaban J connectivity index is 2.48. The molecule has 0 bridgehead atoms. The second kappa shape index (κ2) is 5.84. The maximum atomic E-state index is 9.41. The van der Waals surface area contributed by atoms with Gasteiger partial charge in [-0.15, -0.1) is 5.10 Å². The minimum Gasteiger partial charge on any atom is -0.497 e. The molecule has 5 heteroatoms. The fraction of sp³-hybridized carbons (Fsp3) is 0.429. The number of aliphatic hydroxyl groups is 1. The van der Waals surface area contributed by atoms with Gasteiger partial charge in [-0.25, -0.2) is 4.68 Å². The summed E-state index contributed by atoms with van der Waals surface area (Å²) in [5, 5.41) is 17.6. The average Bonchev–Trinajstić information content (AvgIpc) is 2.80. The summed E-state index contributed by atoms with van der Waals surface area (Å²) >= 11 is 0. The molecule has 0 amide bonds. The summed E-state index contributed by atoms with van der Waals surface area (Å²) < 4.78 is 7.07. The van der Waals surface area contributed by atoms with E-state index >= 15 is 0 Å². The molecule has 5 nitrogen and oxygen atoms in total. The summed E-state index contributed by atoms with van der Waals surface area (Å²) in [6.45, 7) is 4.88. The Kier molecular flexibility index (Phi) is 4.16. The second-order valence-corrected chi connectivity index (χ2v) is 4.85. The SMILES string of the molecule is COc1cccc(-c2c(CO)nnn2CC(C)C)c1. The Morgan fingerprint density at radius 2 is 2.16 bits per heavy atom. The zero-order chi connectivity index (χ0) is 13.8. The van der Waals surface area contributed by atoms with E-state index < -0.39 is 0 Å². The normalized spacial score (nSPS) is 11.0. The quantitative estimate of drug-likeness (QED) is 0.895. The van der Waals surface area contributed by atoms with Crippen molar-refractivity contribution >= 4 is 0 Å². The van der Waals surface area contributed by atoms with Crippen molar-refractivity contribution in [3.05, 3.63) is 30.0 Å². The number of nitrogens with zero attached hydrogens (tertiary/aromatic N) is 3. The van der Waals surface area contributed by atoms with Crippen molar-refractivity contribution in [2.24, 2.45) is 5.92 Å². The van der Waals surface area contributed by atoms with Crippen LogP contribution < -0.4 is 4.74 Å². The first-order valence-electron chi connectivity index (χ1n) is 6.33. The molecule has 0 aliphatic rings. The third-order valence-corrected chi connectivity index (χ3v) is 2.84. The molecule has 1 aromatic carbocycles. The van der Waals surface area contributed by atoms with Gasteiger partial charge in [-0.05, 0) is 18.1 Å². The predicted octanol–water partition coefficient (Wildman–Crippen LogP) is 2.10. The van der Waals surface area contributed by atoms with Gasteiger partial charge in [0.15, 0.2) is 0 Å². The van der Waals surface area contributed by atoms with Crippen molar-refractivity contribution in [2.75, 3.05) is 7.11 Å². The van der Waals surface area contributed by atoms with Crippen molar-refractivity contribution < 1.29 is 9.84 Å². The average molecular weight is 261 g/mol. The van der Waals surface area contributed by atoms with E-state index in [-0.39, 0.29) is 6.61 Å². The van der Waals surface area contributed by atoms with Crippen LogP contribution in [0.4, 0.5) is 0 Å². The largest absolute Gasteiger partial charge is 0.497 e. The lowest BCUT2D eigenvalue weighted by Crippen LogP contribution is -2.08. The molecule has 1 N–H and O–H groups in total. The van der Waals surface area contributed by atoms with Crippen LogP contribution >= 0.6 is 0 Å². The number of rotatable bonds is 5. The van der Waals surface area contributed by atoms with E-state index in [0.717, 1.165) is 23.6 Å². The molecule has 0 saturated heterocycles. The molecule has 0 aliphatic carbocycles. The molecule has 0 radical (unpaired) electrons. The molecule has 0 atom stereocenters. The molecular weight excluding hydrogens is 242 g/mol. The van der Waals surface area contributed by atoms with Crippen LogP contribution in [0.15, 0.2) is 24.3 Å². The van der Waals surface area contributed by atoms with Crippen molar-refractivity contribution in [3.8, 4) is 17.0 Å². The van der Waals surface area contributed by atoms with Crippen LogP contribution in [-0.4, -0.2) is 27.2 Å². The number of hydrogen-bond acceptors (Lipinski definition) is 4. The van der Waals surface area contributed by atoms with Crippen LogP contribution in [0, 0.1) is 5.92 Å². The standard InChI is InChI=1S/C14H19N3O2/c1-10(2)8-17-14(13(9-18)15-16-17)11-5-4-6-12(7-11)19-3/h4-7,10,18H,8-9H2,1-3H3. The number of aliphatic hydroxyl groups excluding tert-OH is 1. The maximum absolute atomic E-state index is 9.41. The third kappa shape index (κ3) is 2.93. The molecule has 0 spiro atoms. The highest BCUT2D eigenvalue weighted by Gasteiger charge is 2.15. The van der Waals surface area contributed by atoms with Crippen LogP contribution in [0.1, 0.15) is 19.5 Å². The highest BCUT2D eigenvalue weighted by molar-refractivity contribution is 5.63. The first kappa shape index (κ1) is 13.5. The maximum Gasteiger partial charge on any atom is 0.119 e. The monoisotopic (exact) mass is 261 g/mol. The van der Waals surface area contributed by atoms with Crippen LogP contribution in [0.25, 0.3) is 11.3 Å². The van der Waals surface area contributed by atoms with Gasteiger partial charge in [0.2, 0.25) is 0 Å². The van der Waals surface area contributed by atoms with E-state index in [4.69, 9.17) is 4.74 Å². The van der Waals surface area contributed by atoms with Crippen molar-refractivity contribution in [3.63, 3.8) is 0 Å². The van der Waals surface area contributed by atoms with Gasteiger partial charge in [0.1, 0.15) is 11.4 Å². The molecule has 2 aromatic rings. The molecule has 0 saturated carbocycles. The molecule has 1 aromatic heterocycles. The topological polar surface area (TPSA) is 60.2 Å². The van der Waals surface area contributed by atoms with E-state index in [1.807, 2.05) is 28.9 Å². The first-order chi connectivity index (χ1) is 9.15. The molecular formula is C14H19N3O2. The highest BCUT2D eigenvalue weighted by Crippen LogP contribution is 2.26. The lowest BCUT2D eigenvalue weighted by atomic mass is 10.1. The molecule has 2 rings (SSSR count). The van der Waals surface area contributed by atoms with Gasteiger partial charge in [-0.2, -0.15) is 0 Å². The lowest BCUT2D eigenvalue weighted by Gasteiger charge is -2.10. The van der Waals surface area contributed by atoms with Crippen molar-refractivity contribution in [1.82, 2.24) is 15.0 Å². The fourth-order valence-electron chi connectivity index (χ4n) is 2.02. The minimum atomic E-state index is -0.120. The van der Waals surface area contributed by atoms with Gasteiger partial charge in [0.25, 0.3) is 0 Å². The van der Waals surface area contributed by atoms with E-state index in [2.05, 4.69) is 24.2 Å². The minimum absolute atomic E-state index is 0.120. The zero-order valence-corrected chi connectivity index (χ0v) is 11.5. The first-order valence-corrected chi connectivity index (χ1v) is 6.33. The van der Waals surface area contributed by atoms with E-state index in [1.165, 1.54) is 0 Å². The van der Waals surface area contributed by atoms with Gasteiger partial charge in [0.05, 0.1) is 19.4 Å². The van der Waals surface area contributed by atoms with Crippen LogP contribution in [0.2, 0.25) is 0 Å². The molecule has 1 heterocycles. The Morgan fingerprint density at radius 3 is 2.79 bits per heavy atom. The number of hydrogen-bond donors (Lipinski definition) is 1. The fourth-order valence-corrected chi connectivity index (χ4v) is 2.02.